The molecule has 1 amide bonds. The van der Waals surface area contributed by atoms with E-state index in [9.17, 15) is 13.2 Å². The number of halogens is 2. The summed E-state index contributed by atoms with van der Waals surface area (Å²) in [6, 6.07) is 11.4. The van der Waals surface area contributed by atoms with Crippen molar-refractivity contribution in [3.63, 3.8) is 0 Å². The number of nitrogens with zero attached hydrogens (tertiary/aromatic N) is 2. The summed E-state index contributed by atoms with van der Waals surface area (Å²) in [6.07, 6.45) is 1.78. The van der Waals surface area contributed by atoms with E-state index < -0.39 is 10.0 Å². The van der Waals surface area contributed by atoms with Gasteiger partial charge in [0.25, 0.3) is 5.91 Å². The molecular weight excluding hydrogens is 445 g/mol. The van der Waals surface area contributed by atoms with Gasteiger partial charge in [0.05, 0.1) is 5.02 Å². The minimum Gasteiger partial charge on any atom is -0.331 e. The smallest absolute Gasteiger partial charge is 0.254 e. The SMILES string of the molecule is Cc1ccccc1CN1CCC(N2Cc3cc(Cl)c(S(N)(=O)=O)cc3C2=O)CC1.Cl. The van der Waals surface area contributed by atoms with Crippen molar-refractivity contribution in [3.8, 4) is 0 Å². The van der Waals surface area contributed by atoms with Crippen molar-refractivity contribution in [1.29, 1.82) is 0 Å². The molecule has 0 atom stereocenters. The standard InChI is InChI=1S/C21H24ClN3O3S.ClH/c1-14-4-2-3-5-15(14)12-24-8-6-17(7-9-24)25-13-16-10-19(22)20(29(23,27)28)11-18(16)21(25)26;/h2-5,10-11,17H,6-9,12-13H2,1H3,(H2,23,27,28);1H. The first-order chi connectivity index (χ1) is 13.7. The van der Waals surface area contributed by atoms with Crippen LogP contribution in [0, 0.1) is 6.92 Å². The highest BCUT2D eigenvalue weighted by molar-refractivity contribution is 7.89. The van der Waals surface area contributed by atoms with E-state index in [-0.39, 0.29) is 34.3 Å². The molecule has 30 heavy (non-hydrogen) atoms. The van der Waals surface area contributed by atoms with Crippen LogP contribution in [0.25, 0.3) is 0 Å². The van der Waals surface area contributed by atoms with Crippen LogP contribution < -0.4 is 5.14 Å². The fourth-order valence-electron chi connectivity index (χ4n) is 4.26. The Hall–Kier alpha value is -1.64. The third-order valence-corrected chi connectivity index (χ3v) is 7.32. The number of aryl methyl sites for hydroxylation is 1. The maximum absolute atomic E-state index is 12.9. The summed E-state index contributed by atoms with van der Waals surface area (Å²) in [6.45, 7) is 5.34. The normalized spacial score (nSPS) is 17.7. The van der Waals surface area contributed by atoms with E-state index in [0.717, 1.165) is 38.0 Å². The molecule has 0 aliphatic carbocycles. The highest BCUT2D eigenvalue weighted by Crippen LogP contribution is 2.33. The average Bonchev–Trinajstić information content (AvgIpc) is 2.98. The number of fused-ring (bicyclic) bond motifs is 1. The molecule has 0 unspecified atom stereocenters. The van der Waals surface area contributed by atoms with Gasteiger partial charge in [-0.1, -0.05) is 35.9 Å². The summed E-state index contributed by atoms with van der Waals surface area (Å²) in [5.74, 6) is -0.140. The van der Waals surface area contributed by atoms with Gasteiger partial charge >= 0.3 is 0 Å². The average molecular weight is 470 g/mol. The maximum Gasteiger partial charge on any atom is 0.254 e. The Labute approximate surface area is 188 Å². The number of hydrogen-bond donors (Lipinski definition) is 1. The lowest BCUT2D eigenvalue weighted by Gasteiger charge is -2.36. The maximum atomic E-state index is 12.9. The molecule has 0 spiro atoms. The van der Waals surface area contributed by atoms with Gasteiger partial charge in [-0.25, -0.2) is 13.6 Å². The summed E-state index contributed by atoms with van der Waals surface area (Å²) in [4.78, 5) is 17.0. The molecule has 0 aromatic heterocycles. The van der Waals surface area contributed by atoms with Crippen molar-refractivity contribution in [3.05, 3.63) is 63.7 Å². The lowest BCUT2D eigenvalue weighted by atomic mass is 10.0. The Morgan fingerprint density at radius 1 is 1.17 bits per heavy atom. The molecule has 2 heterocycles. The van der Waals surface area contributed by atoms with Gasteiger partial charge in [0.15, 0.2) is 0 Å². The second-order valence-electron chi connectivity index (χ2n) is 7.85. The van der Waals surface area contributed by atoms with E-state index in [1.54, 1.807) is 6.07 Å². The largest absolute Gasteiger partial charge is 0.331 e. The Morgan fingerprint density at radius 2 is 1.83 bits per heavy atom. The van der Waals surface area contributed by atoms with Crippen molar-refractivity contribution in [2.45, 2.75) is 43.8 Å². The fourth-order valence-corrected chi connectivity index (χ4v) is 5.39. The number of carbonyl (C=O) groups excluding carboxylic acids is 1. The monoisotopic (exact) mass is 469 g/mol. The second kappa shape index (κ2) is 8.85. The van der Waals surface area contributed by atoms with Gasteiger partial charge in [-0.3, -0.25) is 9.69 Å². The number of primary sulfonamides is 1. The third kappa shape index (κ3) is 4.50. The molecule has 0 saturated carbocycles. The van der Waals surface area contributed by atoms with Crippen molar-refractivity contribution < 1.29 is 13.2 Å². The summed E-state index contributed by atoms with van der Waals surface area (Å²) in [5.41, 5.74) is 3.78. The van der Waals surface area contributed by atoms with Gasteiger partial charge < -0.3 is 4.90 Å². The van der Waals surface area contributed by atoms with Gasteiger partial charge in [0.2, 0.25) is 10.0 Å². The van der Waals surface area contributed by atoms with E-state index in [0.29, 0.717) is 12.1 Å². The highest BCUT2D eigenvalue weighted by atomic mass is 35.5. The van der Waals surface area contributed by atoms with Gasteiger partial charge in [0.1, 0.15) is 4.90 Å². The molecule has 162 valence electrons. The number of amides is 1. The Balaban J connectivity index is 0.00000256. The van der Waals surface area contributed by atoms with Crippen molar-refractivity contribution in [1.82, 2.24) is 9.80 Å². The van der Waals surface area contributed by atoms with Crippen LogP contribution in [-0.4, -0.2) is 43.3 Å². The molecule has 2 aliphatic rings. The minimum atomic E-state index is -3.97. The van der Waals surface area contributed by atoms with E-state index in [4.69, 9.17) is 16.7 Å². The zero-order valence-electron chi connectivity index (χ0n) is 16.7. The zero-order chi connectivity index (χ0) is 20.8. The Bertz CT molecular complexity index is 1070. The zero-order valence-corrected chi connectivity index (χ0v) is 19.1. The molecule has 2 N–H and O–H groups in total. The van der Waals surface area contributed by atoms with Gasteiger partial charge in [0, 0.05) is 37.8 Å². The second-order valence-corrected chi connectivity index (χ2v) is 9.79. The molecule has 6 nitrogen and oxygen atoms in total. The number of likely N-dealkylation sites (tertiary alicyclic amines) is 1. The summed E-state index contributed by atoms with van der Waals surface area (Å²) >= 11 is 6.09. The number of carbonyl (C=O) groups is 1. The van der Waals surface area contributed by atoms with Crippen molar-refractivity contribution in [2.24, 2.45) is 5.14 Å². The van der Waals surface area contributed by atoms with E-state index in [2.05, 4.69) is 36.1 Å². The number of benzene rings is 2. The summed E-state index contributed by atoms with van der Waals surface area (Å²) < 4.78 is 23.4. The van der Waals surface area contributed by atoms with Crippen molar-refractivity contribution >= 4 is 39.9 Å². The fraction of sp³-hybridized carbons (Fsp3) is 0.381. The molecule has 1 saturated heterocycles. The molecule has 2 aromatic carbocycles. The van der Waals surface area contributed by atoms with E-state index in [1.165, 1.54) is 17.2 Å². The van der Waals surface area contributed by atoms with Crippen LogP contribution in [0.3, 0.4) is 0 Å². The summed E-state index contributed by atoms with van der Waals surface area (Å²) in [5, 5.41) is 5.28. The quantitative estimate of drug-likeness (QED) is 0.743. The Morgan fingerprint density at radius 3 is 2.47 bits per heavy atom. The lowest BCUT2D eigenvalue weighted by molar-refractivity contribution is 0.0590. The summed E-state index contributed by atoms with van der Waals surface area (Å²) in [7, 11) is -3.97. The van der Waals surface area contributed by atoms with Gasteiger partial charge in [-0.15, -0.1) is 12.4 Å². The van der Waals surface area contributed by atoms with Crippen LogP contribution in [0.4, 0.5) is 0 Å². The van der Waals surface area contributed by atoms with Gasteiger partial charge in [-0.2, -0.15) is 0 Å². The van der Waals surface area contributed by atoms with Crippen LogP contribution in [0.1, 0.15) is 39.9 Å². The molecule has 0 radical (unpaired) electrons. The lowest BCUT2D eigenvalue weighted by Crippen LogP contribution is -2.44. The first-order valence-corrected chi connectivity index (χ1v) is 11.6. The van der Waals surface area contributed by atoms with E-state index in [1.807, 2.05) is 4.90 Å². The number of rotatable bonds is 4. The molecule has 9 heteroatoms. The topological polar surface area (TPSA) is 83.7 Å². The third-order valence-electron chi connectivity index (χ3n) is 5.95. The number of nitrogens with two attached hydrogens (primary N) is 1. The molecule has 4 rings (SSSR count). The van der Waals surface area contributed by atoms with Crippen LogP contribution in [0.15, 0.2) is 41.3 Å². The molecular formula is C21H25Cl2N3O3S. The van der Waals surface area contributed by atoms with Crippen LogP contribution in [0.5, 0.6) is 0 Å². The molecule has 1 fully saturated rings. The van der Waals surface area contributed by atoms with Crippen LogP contribution >= 0.6 is 24.0 Å². The first kappa shape index (κ1) is 23.0. The first-order valence-electron chi connectivity index (χ1n) is 9.67. The van der Waals surface area contributed by atoms with Crippen molar-refractivity contribution in [2.75, 3.05) is 13.1 Å². The van der Waals surface area contributed by atoms with Gasteiger partial charge in [-0.05, 0) is 48.6 Å². The number of piperidine rings is 1. The van der Waals surface area contributed by atoms with Crippen LogP contribution in [-0.2, 0) is 23.1 Å². The predicted molar refractivity (Wildman–Crippen MR) is 119 cm³/mol. The molecule has 2 aliphatic heterocycles. The minimum absolute atomic E-state index is 0. The number of hydrogen-bond acceptors (Lipinski definition) is 4. The molecule has 2 aromatic rings. The van der Waals surface area contributed by atoms with E-state index >= 15 is 0 Å². The predicted octanol–water partition coefficient (Wildman–Crippen LogP) is 3.34. The molecule has 0 bridgehead atoms. The Kier molecular flexibility index (Phi) is 6.79. The van der Waals surface area contributed by atoms with Crippen LogP contribution in [0.2, 0.25) is 5.02 Å². The number of sulfonamides is 1. The highest BCUT2D eigenvalue weighted by Gasteiger charge is 2.36.